The highest BCUT2D eigenvalue weighted by molar-refractivity contribution is 14.1. The van der Waals surface area contributed by atoms with Crippen LogP contribution in [0.5, 0.6) is 5.88 Å². The average molecular weight is 290 g/mol. The second-order valence-electron chi connectivity index (χ2n) is 2.35. The number of ether oxygens (including phenoxy) is 1. The predicted molar refractivity (Wildman–Crippen MR) is 55.6 cm³/mol. The number of aromatic amines is 1. The summed E-state index contributed by atoms with van der Waals surface area (Å²) in [6.07, 6.45) is 1.46. The predicted octanol–water partition coefficient (Wildman–Crippen LogP) is 1.36. The number of rotatable bonds is 2. The number of nitrogens with one attached hydrogen (secondary N) is 1. The quantitative estimate of drug-likeness (QED) is 0.848. The molecule has 2 aromatic rings. The third-order valence-corrected chi connectivity index (χ3v) is 2.34. The van der Waals surface area contributed by atoms with Crippen LogP contribution in [-0.4, -0.2) is 26.8 Å². The number of nitrogens with zero attached hydrogens (tertiary/aromatic N) is 3. The maximum Gasteiger partial charge on any atom is 0.228 e. The van der Waals surface area contributed by atoms with Gasteiger partial charge in [0.2, 0.25) is 5.88 Å². The van der Waals surface area contributed by atoms with Crippen LogP contribution in [0.25, 0.3) is 11.0 Å². The first kappa shape index (κ1) is 8.67. The van der Waals surface area contributed by atoms with Gasteiger partial charge in [0, 0.05) is 0 Å². The molecule has 0 saturated heterocycles. The van der Waals surface area contributed by atoms with E-state index in [1.165, 1.54) is 6.33 Å². The maximum atomic E-state index is 5.34. The summed E-state index contributed by atoms with van der Waals surface area (Å²) >= 11 is 2.12. The SMILES string of the molecule is CCOc1ncnc2[nH]nc(I)c12. The van der Waals surface area contributed by atoms with E-state index in [4.69, 9.17) is 4.74 Å². The van der Waals surface area contributed by atoms with Crippen molar-refractivity contribution in [1.29, 1.82) is 0 Å². The van der Waals surface area contributed by atoms with Crippen molar-refractivity contribution in [3.8, 4) is 5.88 Å². The molecular formula is C7H7IN4O. The van der Waals surface area contributed by atoms with Crippen molar-refractivity contribution in [2.24, 2.45) is 0 Å². The van der Waals surface area contributed by atoms with Crippen LogP contribution in [0.4, 0.5) is 0 Å². The topological polar surface area (TPSA) is 63.7 Å². The molecule has 0 atom stereocenters. The average Bonchev–Trinajstić information content (AvgIpc) is 2.50. The molecule has 0 saturated carbocycles. The molecule has 2 rings (SSSR count). The first-order valence-electron chi connectivity index (χ1n) is 3.80. The Balaban J connectivity index is 2.65. The third kappa shape index (κ3) is 1.45. The summed E-state index contributed by atoms with van der Waals surface area (Å²) in [4.78, 5) is 8.06. The van der Waals surface area contributed by atoms with Gasteiger partial charge < -0.3 is 4.74 Å². The van der Waals surface area contributed by atoms with Gasteiger partial charge in [-0.05, 0) is 29.5 Å². The monoisotopic (exact) mass is 290 g/mol. The first-order valence-corrected chi connectivity index (χ1v) is 4.88. The van der Waals surface area contributed by atoms with Gasteiger partial charge in [0.05, 0.1) is 6.61 Å². The van der Waals surface area contributed by atoms with Crippen molar-refractivity contribution in [3.63, 3.8) is 0 Å². The van der Waals surface area contributed by atoms with E-state index in [2.05, 4.69) is 42.8 Å². The Morgan fingerprint density at radius 2 is 2.38 bits per heavy atom. The number of hydrogen-bond donors (Lipinski definition) is 1. The Morgan fingerprint density at radius 3 is 3.15 bits per heavy atom. The number of hydrogen-bond acceptors (Lipinski definition) is 4. The molecule has 0 fully saturated rings. The molecule has 1 N–H and O–H groups in total. The molecule has 2 aromatic heterocycles. The summed E-state index contributed by atoms with van der Waals surface area (Å²) in [6, 6.07) is 0. The normalized spacial score (nSPS) is 10.6. The fraction of sp³-hybridized carbons (Fsp3) is 0.286. The lowest BCUT2D eigenvalue weighted by Gasteiger charge is -2.01. The van der Waals surface area contributed by atoms with E-state index in [0.29, 0.717) is 18.1 Å². The molecule has 68 valence electrons. The standard InChI is InChI=1S/C7H7IN4O/c1-2-13-7-4-5(8)11-12-6(4)9-3-10-7/h3H,2H2,1H3,(H,9,10,11,12). The van der Waals surface area contributed by atoms with E-state index in [-0.39, 0.29) is 0 Å². The van der Waals surface area contributed by atoms with Crippen LogP contribution >= 0.6 is 22.6 Å². The molecule has 0 spiro atoms. The van der Waals surface area contributed by atoms with Gasteiger partial charge in [-0.25, -0.2) is 9.97 Å². The Morgan fingerprint density at radius 1 is 1.54 bits per heavy atom. The van der Waals surface area contributed by atoms with Gasteiger partial charge in [0.1, 0.15) is 15.4 Å². The molecule has 13 heavy (non-hydrogen) atoms. The third-order valence-electron chi connectivity index (χ3n) is 1.56. The highest BCUT2D eigenvalue weighted by Gasteiger charge is 2.10. The van der Waals surface area contributed by atoms with Crippen LogP contribution < -0.4 is 4.74 Å². The summed E-state index contributed by atoms with van der Waals surface area (Å²) in [5, 5.41) is 7.67. The molecule has 0 bridgehead atoms. The van der Waals surface area contributed by atoms with Crippen molar-refractivity contribution in [1.82, 2.24) is 20.2 Å². The zero-order valence-electron chi connectivity index (χ0n) is 6.91. The minimum Gasteiger partial charge on any atom is -0.477 e. The van der Waals surface area contributed by atoms with Gasteiger partial charge in [-0.15, -0.1) is 0 Å². The second kappa shape index (κ2) is 3.44. The van der Waals surface area contributed by atoms with Crippen molar-refractivity contribution in [3.05, 3.63) is 10.0 Å². The van der Waals surface area contributed by atoms with Crippen molar-refractivity contribution in [2.45, 2.75) is 6.92 Å². The van der Waals surface area contributed by atoms with Gasteiger partial charge >= 0.3 is 0 Å². The molecule has 0 radical (unpaired) electrons. The van der Waals surface area contributed by atoms with Gasteiger partial charge in [0.25, 0.3) is 0 Å². The smallest absolute Gasteiger partial charge is 0.228 e. The largest absolute Gasteiger partial charge is 0.477 e. The fourth-order valence-corrected chi connectivity index (χ4v) is 1.65. The number of halogens is 1. The van der Waals surface area contributed by atoms with E-state index in [9.17, 15) is 0 Å². The van der Waals surface area contributed by atoms with Crippen molar-refractivity contribution >= 4 is 33.6 Å². The Labute approximate surface area is 88.1 Å². The van der Waals surface area contributed by atoms with E-state index >= 15 is 0 Å². The van der Waals surface area contributed by atoms with Crippen LogP contribution in [0, 0.1) is 3.70 Å². The van der Waals surface area contributed by atoms with Crippen LogP contribution in [0.2, 0.25) is 0 Å². The number of fused-ring (bicyclic) bond motifs is 1. The maximum absolute atomic E-state index is 5.34. The number of H-pyrrole nitrogens is 1. The van der Waals surface area contributed by atoms with E-state index < -0.39 is 0 Å². The lowest BCUT2D eigenvalue weighted by Crippen LogP contribution is -1.95. The molecule has 2 heterocycles. The minimum atomic E-state index is 0.589. The second-order valence-corrected chi connectivity index (χ2v) is 3.37. The molecular weight excluding hydrogens is 283 g/mol. The first-order chi connectivity index (χ1) is 6.33. The summed E-state index contributed by atoms with van der Waals surface area (Å²) in [7, 11) is 0. The molecule has 0 aliphatic carbocycles. The lowest BCUT2D eigenvalue weighted by molar-refractivity contribution is 0.330. The molecule has 5 nitrogen and oxygen atoms in total. The van der Waals surface area contributed by atoms with Gasteiger partial charge in [-0.1, -0.05) is 0 Å². The Bertz CT molecular complexity index is 427. The van der Waals surface area contributed by atoms with Gasteiger partial charge in [-0.2, -0.15) is 5.10 Å². The van der Waals surface area contributed by atoms with E-state index in [1.807, 2.05) is 6.92 Å². The fourth-order valence-electron chi connectivity index (χ4n) is 1.04. The van der Waals surface area contributed by atoms with Crippen LogP contribution in [0.1, 0.15) is 6.92 Å². The Hall–Kier alpha value is -0.920. The summed E-state index contributed by atoms with van der Waals surface area (Å²) < 4.78 is 6.17. The Kier molecular flexibility index (Phi) is 2.30. The summed E-state index contributed by atoms with van der Waals surface area (Å²) in [6.45, 7) is 2.51. The molecule has 0 aromatic carbocycles. The lowest BCUT2D eigenvalue weighted by atomic mass is 10.4. The van der Waals surface area contributed by atoms with Crippen molar-refractivity contribution in [2.75, 3.05) is 6.61 Å². The molecule has 0 aliphatic heterocycles. The highest BCUT2D eigenvalue weighted by atomic mass is 127. The summed E-state index contributed by atoms with van der Waals surface area (Å²) in [5.74, 6) is 0.589. The zero-order valence-corrected chi connectivity index (χ0v) is 9.07. The highest BCUT2D eigenvalue weighted by Crippen LogP contribution is 2.23. The minimum absolute atomic E-state index is 0.589. The van der Waals surface area contributed by atoms with E-state index in [0.717, 1.165) is 9.09 Å². The zero-order chi connectivity index (χ0) is 9.26. The number of aromatic nitrogens is 4. The molecule has 6 heteroatoms. The van der Waals surface area contributed by atoms with Crippen molar-refractivity contribution < 1.29 is 4.74 Å². The molecule has 0 unspecified atom stereocenters. The van der Waals surface area contributed by atoms with Gasteiger partial charge in [0.15, 0.2) is 5.65 Å². The van der Waals surface area contributed by atoms with Crippen LogP contribution in [0.3, 0.4) is 0 Å². The van der Waals surface area contributed by atoms with Crippen LogP contribution in [0.15, 0.2) is 6.33 Å². The van der Waals surface area contributed by atoms with Gasteiger partial charge in [-0.3, -0.25) is 5.10 Å². The van der Waals surface area contributed by atoms with E-state index in [1.54, 1.807) is 0 Å². The summed E-state index contributed by atoms with van der Waals surface area (Å²) in [5.41, 5.74) is 0.711. The molecule has 0 amide bonds. The van der Waals surface area contributed by atoms with Crippen LogP contribution in [-0.2, 0) is 0 Å². The molecule has 0 aliphatic rings.